The van der Waals surface area contributed by atoms with Crippen LogP contribution in [0.5, 0.6) is 0 Å². The molecule has 0 aromatic carbocycles. The Bertz CT molecular complexity index is 145. The summed E-state index contributed by atoms with van der Waals surface area (Å²) in [6.45, 7) is 0. The van der Waals surface area contributed by atoms with Gasteiger partial charge in [0, 0.05) is 0 Å². The molecule has 0 atom stereocenters. The van der Waals surface area contributed by atoms with Crippen LogP contribution in [0, 0.1) is 6.08 Å². The molecule has 0 saturated heterocycles. The van der Waals surface area contributed by atoms with Crippen LogP contribution in [0.4, 0.5) is 0 Å². The third kappa shape index (κ3) is 6.94. The van der Waals surface area contributed by atoms with Gasteiger partial charge in [0.15, 0.2) is 0 Å². The predicted molar refractivity (Wildman–Crippen MR) is 63.1 cm³/mol. The minimum Gasteiger partial charge on any atom is -0.0885 e. The molecule has 0 aromatic rings. The molecule has 1 aliphatic rings. The van der Waals surface area contributed by atoms with E-state index in [0.717, 1.165) is 0 Å². The first-order valence-corrected chi connectivity index (χ1v) is 6.20. The third-order valence-electron chi connectivity index (χ3n) is 2.72. The van der Waals surface area contributed by atoms with E-state index in [-0.39, 0.29) is 0 Å². The van der Waals surface area contributed by atoms with Crippen molar-refractivity contribution >= 4 is 0 Å². The quantitative estimate of drug-likeness (QED) is 0.482. The Hall–Kier alpha value is -0.520. The van der Waals surface area contributed by atoms with E-state index < -0.39 is 0 Å². The molecule has 0 spiro atoms. The fourth-order valence-corrected chi connectivity index (χ4v) is 1.79. The maximum atomic E-state index is 3.40. The molecule has 0 amide bonds. The fourth-order valence-electron chi connectivity index (χ4n) is 1.79. The lowest BCUT2D eigenvalue weighted by Crippen LogP contribution is -1.79. The van der Waals surface area contributed by atoms with Crippen molar-refractivity contribution in [2.24, 2.45) is 0 Å². The normalized spacial score (nSPS) is 26.3. The van der Waals surface area contributed by atoms with Crippen LogP contribution >= 0.6 is 0 Å². The van der Waals surface area contributed by atoms with Crippen molar-refractivity contribution in [3.63, 3.8) is 0 Å². The highest BCUT2D eigenvalue weighted by Crippen LogP contribution is 2.09. The largest absolute Gasteiger partial charge is 0.0885 e. The van der Waals surface area contributed by atoms with Gasteiger partial charge in [0.05, 0.1) is 0 Å². The molecule has 1 rings (SSSR count). The second-order valence-corrected chi connectivity index (χ2v) is 4.12. The van der Waals surface area contributed by atoms with Crippen LogP contribution < -0.4 is 0 Å². The summed E-state index contributed by atoms with van der Waals surface area (Å²) in [5.74, 6) is 0. The number of allylic oxidation sites excluding steroid dienone is 4. The predicted octanol–water partition coefficient (Wildman–Crippen LogP) is 4.82. The van der Waals surface area contributed by atoms with Crippen molar-refractivity contribution in [1.82, 2.24) is 0 Å². The van der Waals surface area contributed by atoms with Crippen LogP contribution in [0.25, 0.3) is 0 Å². The van der Waals surface area contributed by atoms with Crippen LogP contribution in [0.1, 0.15) is 64.2 Å². The Morgan fingerprint density at radius 2 is 1.29 bits per heavy atom. The molecule has 0 heteroatoms. The highest BCUT2D eigenvalue weighted by molar-refractivity contribution is 4.82. The zero-order chi connectivity index (χ0) is 9.90. The van der Waals surface area contributed by atoms with Gasteiger partial charge in [0.25, 0.3) is 0 Å². The topological polar surface area (TPSA) is 0 Å². The number of rotatable bonds is 0. The van der Waals surface area contributed by atoms with Crippen molar-refractivity contribution in [1.29, 1.82) is 0 Å². The molecule has 0 bridgehead atoms. The van der Waals surface area contributed by atoms with Crippen molar-refractivity contribution in [2.45, 2.75) is 64.2 Å². The van der Waals surface area contributed by atoms with Gasteiger partial charge in [-0.1, -0.05) is 31.1 Å². The summed E-state index contributed by atoms with van der Waals surface area (Å²) in [5, 5.41) is 0. The highest BCUT2D eigenvalue weighted by atomic mass is 14.0. The van der Waals surface area contributed by atoms with E-state index >= 15 is 0 Å². The minimum absolute atomic E-state index is 1.18. The van der Waals surface area contributed by atoms with Gasteiger partial charge in [-0.25, -0.2) is 0 Å². The molecule has 0 aromatic heterocycles. The van der Waals surface area contributed by atoms with Crippen LogP contribution in [0.2, 0.25) is 0 Å². The summed E-state index contributed by atoms with van der Waals surface area (Å²) < 4.78 is 0. The molecule has 0 saturated carbocycles. The Balaban J connectivity index is 2.16. The summed E-state index contributed by atoms with van der Waals surface area (Å²) in [6.07, 6.45) is 23.5. The van der Waals surface area contributed by atoms with Gasteiger partial charge in [0.2, 0.25) is 0 Å². The zero-order valence-electron chi connectivity index (χ0n) is 9.30. The van der Waals surface area contributed by atoms with E-state index in [4.69, 9.17) is 0 Å². The monoisotopic (exact) mass is 191 g/mol. The average molecular weight is 191 g/mol. The molecule has 0 aliphatic heterocycles. The maximum Gasteiger partial charge on any atom is -0.0279 e. The van der Waals surface area contributed by atoms with Gasteiger partial charge in [-0.3, -0.25) is 0 Å². The summed E-state index contributed by atoms with van der Waals surface area (Å²) >= 11 is 0. The smallest absolute Gasteiger partial charge is 0.0279 e. The van der Waals surface area contributed by atoms with E-state index in [2.05, 4.69) is 24.3 Å². The first-order chi connectivity index (χ1) is 7.00. The highest BCUT2D eigenvalue weighted by Gasteiger charge is 1.89. The van der Waals surface area contributed by atoms with Crippen LogP contribution in [0.3, 0.4) is 0 Å². The van der Waals surface area contributed by atoms with Crippen molar-refractivity contribution in [2.75, 3.05) is 0 Å². The van der Waals surface area contributed by atoms with Gasteiger partial charge in [-0.05, 0) is 57.4 Å². The van der Waals surface area contributed by atoms with E-state index in [9.17, 15) is 0 Å². The second kappa shape index (κ2) is 9.05. The standard InChI is InChI=1S/C14H23/c1-2-4-6-8-10-12-14-13-11-9-7-5-3-1/h1-2,11H,3-10,12,14H2/b2-1-,13-11?. The molecular weight excluding hydrogens is 168 g/mol. The van der Waals surface area contributed by atoms with Crippen LogP contribution in [-0.4, -0.2) is 0 Å². The number of hydrogen-bond acceptors (Lipinski definition) is 0. The Kier molecular flexibility index (Phi) is 7.47. The first-order valence-electron chi connectivity index (χ1n) is 6.20. The molecule has 79 valence electrons. The van der Waals surface area contributed by atoms with Gasteiger partial charge < -0.3 is 0 Å². The lowest BCUT2D eigenvalue weighted by atomic mass is 10.1. The summed E-state index contributed by atoms with van der Waals surface area (Å²) in [7, 11) is 0. The van der Waals surface area contributed by atoms with Crippen molar-refractivity contribution in [3.05, 3.63) is 24.3 Å². The molecule has 1 radical (unpaired) electrons. The van der Waals surface area contributed by atoms with Gasteiger partial charge in [-0.15, -0.1) is 0 Å². The van der Waals surface area contributed by atoms with Gasteiger partial charge in [-0.2, -0.15) is 0 Å². The zero-order valence-corrected chi connectivity index (χ0v) is 9.30. The van der Waals surface area contributed by atoms with Gasteiger partial charge in [0.1, 0.15) is 0 Å². The van der Waals surface area contributed by atoms with E-state index in [1.807, 2.05) is 0 Å². The molecule has 14 heavy (non-hydrogen) atoms. The van der Waals surface area contributed by atoms with E-state index in [1.165, 1.54) is 64.2 Å². The minimum atomic E-state index is 1.18. The molecule has 0 unspecified atom stereocenters. The molecular formula is C14H23. The Morgan fingerprint density at radius 3 is 2.14 bits per heavy atom. The molecule has 0 fully saturated rings. The lowest BCUT2D eigenvalue weighted by Gasteiger charge is -1.98. The molecule has 1 aliphatic carbocycles. The average Bonchev–Trinajstić information content (AvgIpc) is 2.22. The number of hydrogen-bond donors (Lipinski definition) is 0. The summed E-state index contributed by atoms with van der Waals surface area (Å²) in [6, 6.07) is 0. The molecule has 0 heterocycles. The summed E-state index contributed by atoms with van der Waals surface area (Å²) in [5.41, 5.74) is 0. The lowest BCUT2D eigenvalue weighted by molar-refractivity contribution is 0.645. The second-order valence-electron chi connectivity index (χ2n) is 4.12. The van der Waals surface area contributed by atoms with Gasteiger partial charge >= 0.3 is 0 Å². The third-order valence-corrected chi connectivity index (χ3v) is 2.72. The van der Waals surface area contributed by atoms with E-state index in [1.54, 1.807) is 0 Å². The SMILES string of the molecule is [C]1=C/CCCC/C=C\CCCCCC/1. The first kappa shape index (κ1) is 11.6. The van der Waals surface area contributed by atoms with Crippen LogP contribution in [-0.2, 0) is 0 Å². The van der Waals surface area contributed by atoms with Crippen molar-refractivity contribution in [3.8, 4) is 0 Å². The molecule has 0 N–H and O–H groups in total. The molecule has 0 nitrogen and oxygen atoms in total. The van der Waals surface area contributed by atoms with E-state index in [0.29, 0.717) is 0 Å². The van der Waals surface area contributed by atoms with Crippen molar-refractivity contribution < 1.29 is 0 Å². The maximum absolute atomic E-state index is 3.40. The van der Waals surface area contributed by atoms with Crippen LogP contribution in [0.15, 0.2) is 18.2 Å². The Morgan fingerprint density at radius 1 is 0.643 bits per heavy atom. The fraction of sp³-hybridized carbons (Fsp3) is 0.714. The Labute approximate surface area is 89.1 Å². The summed E-state index contributed by atoms with van der Waals surface area (Å²) in [4.78, 5) is 0.